The highest BCUT2D eigenvalue weighted by Crippen LogP contribution is 2.41. The van der Waals surface area contributed by atoms with Crippen LogP contribution in [-0.2, 0) is 6.42 Å². The van der Waals surface area contributed by atoms with Gasteiger partial charge in [0.25, 0.3) is 0 Å². The van der Waals surface area contributed by atoms with Crippen LogP contribution in [0, 0.1) is 0 Å². The zero-order valence-electron chi connectivity index (χ0n) is 14.1. The Bertz CT molecular complexity index is 805. The van der Waals surface area contributed by atoms with Crippen LogP contribution in [0.4, 0.5) is 0 Å². The minimum atomic E-state index is 0.0775. The molecule has 3 rings (SSSR count). The van der Waals surface area contributed by atoms with Crippen molar-refractivity contribution in [2.75, 3.05) is 21.3 Å². The molecule has 0 spiro atoms. The molecule has 0 bridgehead atoms. The van der Waals surface area contributed by atoms with E-state index in [1.165, 1.54) is 0 Å². The molecule has 124 valence electrons. The Morgan fingerprint density at radius 1 is 0.875 bits per heavy atom. The van der Waals surface area contributed by atoms with E-state index >= 15 is 0 Å². The number of aryl methyl sites for hydroxylation is 1. The Morgan fingerprint density at radius 2 is 1.62 bits per heavy atom. The molecule has 2 aromatic rings. The van der Waals surface area contributed by atoms with Gasteiger partial charge >= 0.3 is 0 Å². The number of Topliss-reactive ketones (excluding diaryl/α,β-unsaturated/α-hetero) is 1. The fourth-order valence-corrected chi connectivity index (χ4v) is 3.08. The second-order valence-electron chi connectivity index (χ2n) is 5.58. The van der Waals surface area contributed by atoms with E-state index < -0.39 is 0 Å². The predicted octanol–water partition coefficient (Wildman–Crippen LogP) is 3.92. The van der Waals surface area contributed by atoms with Gasteiger partial charge in [-0.1, -0.05) is 24.3 Å². The first-order chi connectivity index (χ1) is 11.7. The fourth-order valence-electron chi connectivity index (χ4n) is 3.08. The van der Waals surface area contributed by atoms with Gasteiger partial charge in [-0.25, -0.2) is 0 Å². The molecule has 0 unspecified atom stereocenters. The lowest BCUT2D eigenvalue weighted by molar-refractivity contribution is 0.102. The van der Waals surface area contributed by atoms with Gasteiger partial charge in [0.2, 0.25) is 5.75 Å². The van der Waals surface area contributed by atoms with Crippen molar-refractivity contribution >= 4 is 11.9 Å². The van der Waals surface area contributed by atoms with E-state index in [1.807, 2.05) is 42.5 Å². The van der Waals surface area contributed by atoms with E-state index in [-0.39, 0.29) is 5.78 Å². The van der Waals surface area contributed by atoms with E-state index in [1.54, 1.807) is 21.3 Å². The molecule has 0 N–H and O–H groups in total. The van der Waals surface area contributed by atoms with Gasteiger partial charge in [-0.15, -0.1) is 0 Å². The zero-order chi connectivity index (χ0) is 17.1. The SMILES string of the molecule is COc1ccc(C=C2CCc3ccccc3C2=O)c(OC)c1OC. The first-order valence-electron chi connectivity index (χ1n) is 7.81. The van der Waals surface area contributed by atoms with Gasteiger partial charge < -0.3 is 14.2 Å². The van der Waals surface area contributed by atoms with Crippen LogP contribution in [0.3, 0.4) is 0 Å². The normalized spacial score (nSPS) is 15.1. The average Bonchev–Trinajstić information content (AvgIpc) is 2.63. The lowest BCUT2D eigenvalue weighted by Gasteiger charge is -2.18. The van der Waals surface area contributed by atoms with E-state index in [2.05, 4.69) is 0 Å². The number of ether oxygens (including phenoxy) is 3. The molecular formula is C20H20O4. The van der Waals surface area contributed by atoms with Crippen LogP contribution in [0.15, 0.2) is 42.0 Å². The molecule has 24 heavy (non-hydrogen) atoms. The lowest BCUT2D eigenvalue weighted by Crippen LogP contribution is -2.13. The third kappa shape index (κ3) is 2.75. The van der Waals surface area contributed by atoms with Crippen LogP contribution < -0.4 is 14.2 Å². The van der Waals surface area contributed by atoms with Crippen LogP contribution in [-0.4, -0.2) is 27.1 Å². The van der Waals surface area contributed by atoms with Crippen molar-refractivity contribution in [1.82, 2.24) is 0 Å². The van der Waals surface area contributed by atoms with Gasteiger partial charge in [0.15, 0.2) is 17.3 Å². The van der Waals surface area contributed by atoms with Crippen molar-refractivity contribution < 1.29 is 19.0 Å². The quantitative estimate of drug-likeness (QED) is 0.800. The summed E-state index contributed by atoms with van der Waals surface area (Å²) in [5.74, 6) is 1.76. The third-order valence-corrected chi connectivity index (χ3v) is 4.28. The third-order valence-electron chi connectivity index (χ3n) is 4.28. The molecular weight excluding hydrogens is 304 g/mol. The molecule has 0 saturated heterocycles. The largest absolute Gasteiger partial charge is 0.493 e. The summed E-state index contributed by atoms with van der Waals surface area (Å²) in [7, 11) is 4.73. The van der Waals surface area contributed by atoms with Crippen LogP contribution in [0.5, 0.6) is 17.2 Å². The molecule has 0 atom stereocenters. The van der Waals surface area contributed by atoms with Crippen molar-refractivity contribution in [2.45, 2.75) is 12.8 Å². The van der Waals surface area contributed by atoms with Gasteiger partial charge in [-0.05, 0) is 36.6 Å². The number of rotatable bonds is 4. The van der Waals surface area contributed by atoms with E-state index in [0.717, 1.165) is 28.7 Å². The molecule has 1 aliphatic carbocycles. The van der Waals surface area contributed by atoms with Crippen LogP contribution >= 0.6 is 0 Å². The summed E-state index contributed by atoms with van der Waals surface area (Å²) in [6.45, 7) is 0. The maximum Gasteiger partial charge on any atom is 0.203 e. The Morgan fingerprint density at radius 3 is 2.33 bits per heavy atom. The minimum absolute atomic E-state index is 0.0775. The first kappa shape index (κ1) is 16.1. The molecule has 0 aliphatic heterocycles. The first-order valence-corrected chi connectivity index (χ1v) is 7.81. The molecule has 0 radical (unpaired) electrons. The van der Waals surface area contributed by atoms with Crippen LogP contribution in [0.2, 0.25) is 0 Å². The number of hydrogen-bond donors (Lipinski definition) is 0. The number of hydrogen-bond acceptors (Lipinski definition) is 4. The highest BCUT2D eigenvalue weighted by Gasteiger charge is 2.22. The van der Waals surface area contributed by atoms with Crippen LogP contribution in [0.25, 0.3) is 6.08 Å². The Balaban J connectivity index is 2.05. The zero-order valence-corrected chi connectivity index (χ0v) is 14.1. The molecule has 0 amide bonds. The number of fused-ring (bicyclic) bond motifs is 1. The predicted molar refractivity (Wildman–Crippen MR) is 93.2 cm³/mol. The standard InChI is InChI=1S/C20H20O4/c1-22-17-11-10-15(19(23-2)20(17)24-3)12-14-9-8-13-6-4-5-7-16(13)18(14)21/h4-7,10-12H,8-9H2,1-3H3. The average molecular weight is 324 g/mol. The highest BCUT2D eigenvalue weighted by atomic mass is 16.5. The van der Waals surface area contributed by atoms with Gasteiger partial charge in [-0.3, -0.25) is 4.79 Å². The van der Waals surface area contributed by atoms with E-state index in [0.29, 0.717) is 23.7 Å². The molecule has 0 aromatic heterocycles. The summed E-state index contributed by atoms with van der Waals surface area (Å²) >= 11 is 0. The maximum absolute atomic E-state index is 12.7. The van der Waals surface area contributed by atoms with Gasteiger partial charge in [-0.2, -0.15) is 0 Å². The van der Waals surface area contributed by atoms with Crippen molar-refractivity contribution in [3.8, 4) is 17.2 Å². The lowest BCUT2D eigenvalue weighted by atomic mass is 9.86. The van der Waals surface area contributed by atoms with Crippen molar-refractivity contribution in [3.63, 3.8) is 0 Å². The summed E-state index contributed by atoms with van der Waals surface area (Å²) < 4.78 is 16.2. The Labute approximate surface area is 141 Å². The number of carbonyl (C=O) groups excluding carboxylic acids is 1. The Kier molecular flexibility index (Phi) is 4.56. The number of carbonyl (C=O) groups is 1. The van der Waals surface area contributed by atoms with Gasteiger partial charge in [0, 0.05) is 16.7 Å². The maximum atomic E-state index is 12.7. The van der Waals surface area contributed by atoms with Crippen molar-refractivity contribution in [3.05, 3.63) is 58.7 Å². The van der Waals surface area contributed by atoms with E-state index in [9.17, 15) is 4.79 Å². The van der Waals surface area contributed by atoms with Crippen LogP contribution in [0.1, 0.15) is 27.9 Å². The van der Waals surface area contributed by atoms with Crippen molar-refractivity contribution in [1.29, 1.82) is 0 Å². The minimum Gasteiger partial charge on any atom is -0.493 e. The smallest absolute Gasteiger partial charge is 0.203 e. The summed E-state index contributed by atoms with van der Waals surface area (Å²) in [6.07, 6.45) is 3.47. The summed E-state index contributed by atoms with van der Waals surface area (Å²) in [4.78, 5) is 12.7. The molecule has 4 nitrogen and oxygen atoms in total. The summed E-state index contributed by atoms with van der Waals surface area (Å²) in [5.41, 5.74) is 3.48. The number of allylic oxidation sites excluding steroid dienone is 1. The highest BCUT2D eigenvalue weighted by molar-refractivity contribution is 6.13. The summed E-state index contributed by atoms with van der Waals surface area (Å²) in [6, 6.07) is 11.5. The fraction of sp³-hybridized carbons (Fsp3) is 0.250. The molecule has 2 aromatic carbocycles. The van der Waals surface area contributed by atoms with Gasteiger partial charge in [0.05, 0.1) is 21.3 Å². The number of methoxy groups -OCH3 is 3. The number of benzene rings is 2. The van der Waals surface area contributed by atoms with Crippen molar-refractivity contribution in [2.24, 2.45) is 0 Å². The second kappa shape index (κ2) is 6.79. The summed E-state index contributed by atoms with van der Waals surface area (Å²) in [5, 5.41) is 0. The van der Waals surface area contributed by atoms with E-state index in [4.69, 9.17) is 14.2 Å². The second-order valence-corrected chi connectivity index (χ2v) is 5.58. The molecule has 1 aliphatic rings. The molecule has 0 fully saturated rings. The molecule has 0 saturated carbocycles. The molecule has 0 heterocycles. The van der Waals surface area contributed by atoms with Gasteiger partial charge in [0.1, 0.15) is 0 Å². The molecule has 4 heteroatoms. The Hall–Kier alpha value is -2.75. The number of ketones is 1. The topological polar surface area (TPSA) is 44.8 Å². The monoisotopic (exact) mass is 324 g/mol.